The van der Waals surface area contributed by atoms with E-state index in [0.29, 0.717) is 26.2 Å². The van der Waals surface area contributed by atoms with E-state index in [2.05, 4.69) is 5.32 Å². The number of hydrogen-bond donors (Lipinski definition) is 2. The van der Waals surface area contributed by atoms with Crippen LogP contribution in [0.15, 0.2) is 24.3 Å². The lowest BCUT2D eigenvalue weighted by molar-refractivity contribution is 0.0861. The van der Waals surface area contributed by atoms with Crippen molar-refractivity contribution in [3.8, 4) is 5.69 Å². The summed E-state index contributed by atoms with van der Waals surface area (Å²) in [5, 5.41) is 3.50. The molecule has 1 amide bonds. The van der Waals surface area contributed by atoms with Gasteiger partial charge in [-0.3, -0.25) is 9.36 Å². The predicted molar refractivity (Wildman–Crippen MR) is 95.2 cm³/mol. The summed E-state index contributed by atoms with van der Waals surface area (Å²) in [5.74, 6) is 0.119. The van der Waals surface area contributed by atoms with Crippen molar-refractivity contribution in [3.05, 3.63) is 38.1 Å². The third kappa shape index (κ3) is 3.58. The second kappa shape index (κ2) is 7.00. The molecule has 1 fully saturated rings. The van der Waals surface area contributed by atoms with Crippen LogP contribution >= 0.6 is 35.2 Å². The van der Waals surface area contributed by atoms with E-state index in [9.17, 15) is 4.79 Å². The Morgan fingerprint density at radius 2 is 2.22 bits per heavy atom. The molecule has 0 bridgehead atoms. The van der Waals surface area contributed by atoms with Crippen LogP contribution in [0.25, 0.3) is 5.69 Å². The van der Waals surface area contributed by atoms with E-state index < -0.39 is 0 Å². The van der Waals surface area contributed by atoms with Crippen LogP contribution in [-0.4, -0.2) is 29.7 Å². The van der Waals surface area contributed by atoms with Crippen molar-refractivity contribution in [2.24, 2.45) is 0 Å². The zero-order chi connectivity index (χ0) is 16.4. The Balaban J connectivity index is 1.80. The Morgan fingerprint density at radius 3 is 2.87 bits per heavy atom. The monoisotopic (exact) mass is 369 g/mol. The van der Waals surface area contributed by atoms with Gasteiger partial charge in [0.25, 0.3) is 5.91 Å². The summed E-state index contributed by atoms with van der Waals surface area (Å²) >= 11 is 12.4. The number of nitrogens with zero attached hydrogens (tertiary/aromatic N) is 1. The Bertz CT molecular complexity index is 764. The Labute approximate surface area is 148 Å². The second-order valence-corrected chi connectivity index (χ2v) is 7.32. The number of ether oxygens (including phenoxy) is 1. The standard InChI is InChI=1S/C15H16ClN3O2S2/c16-9-3-5-10(6-4-9)19-13(17)12(23-15(19)22)14(20)18-8-11-2-1-7-21-11/h3-6,11H,1-2,7-8,17H2,(H,18,20)/t11-/m0/s1. The first kappa shape index (κ1) is 16.4. The van der Waals surface area contributed by atoms with E-state index in [1.807, 2.05) is 12.1 Å². The predicted octanol–water partition coefficient (Wildman–Crippen LogP) is 3.41. The number of benzene rings is 1. The summed E-state index contributed by atoms with van der Waals surface area (Å²) in [6.45, 7) is 1.25. The molecular weight excluding hydrogens is 354 g/mol. The van der Waals surface area contributed by atoms with E-state index in [4.69, 9.17) is 34.3 Å². The topological polar surface area (TPSA) is 69.3 Å². The summed E-state index contributed by atoms with van der Waals surface area (Å²) in [4.78, 5) is 12.8. The van der Waals surface area contributed by atoms with Crippen LogP contribution in [0.1, 0.15) is 22.5 Å². The number of thiazole rings is 1. The molecule has 2 heterocycles. The van der Waals surface area contributed by atoms with Crippen LogP contribution in [0.3, 0.4) is 0 Å². The summed E-state index contributed by atoms with van der Waals surface area (Å²) in [6.07, 6.45) is 2.10. The highest BCUT2D eigenvalue weighted by Crippen LogP contribution is 2.27. The molecule has 0 aliphatic carbocycles. The van der Waals surface area contributed by atoms with E-state index in [0.717, 1.165) is 25.1 Å². The molecular formula is C15H16ClN3O2S2. The minimum atomic E-state index is -0.221. The van der Waals surface area contributed by atoms with E-state index in [1.165, 1.54) is 11.3 Å². The van der Waals surface area contributed by atoms with Gasteiger partial charge in [0.15, 0.2) is 3.95 Å². The van der Waals surface area contributed by atoms with Gasteiger partial charge in [0.05, 0.1) is 6.10 Å². The summed E-state index contributed by atoms with van der Waals surface area (Å²) in [6, 6.07) is 7.14. The van der Waals surface area contributed by atoms with E-state index >= 15 is 0 Å². The third-order valence-electron chi connectivity index (χ3n) is 3.65. The lowest BCUT2D eigenvalue weighted by atomic mass is 10.2. The van der Waals surface area contributed by atoms with Gasteiger partial charge in [0.1, 0.15) is 10.7 Å². The molecule has 3 rings (SSSR count). The molecule has 1 aliphatic heterocycles. The number of carbonyl (C=O) groups is 1. The fraction of sp³-hybridized carbons (Fsp3) is 0.333. The molecule has 5 nitrogen and oxygen atoms in total. The lowest BCUT2D eigenvalue weighted by Gasteiger charge is -2.10. The average Bonchev–Trinajstić information content (AvgIpc) is 3.14. The van der Waals surface area contributed by atoms with Gasteiger partial charge in [0, 0.05) is 23.9 Å². The highest BCUT2D eigenvalue weighted by molar-refractivity contribution is 7.73. The Hall–Kier alpha value is -1.41. The van der Waals surface area contributed by atoms with Crippen LogP contribution in [-0.2, 0) is 4.74 Å². The van der Waals surface area contributed by atoms with E-state index in [1.54, 1.807) is 16.7 Å². The molecule has 1 aliphatic rings. The first-order valence-corrected chi connectivity index (χ1v) is 8.83. The number of halogens is 1. The molecule has 122 valence electrons. The molecule has 23 heavy (non-hydrogen) atoms. The van der Waals surface area contributed by atoms with Crippen molar-refractivity contribution in [3.63, 3.8) is 0 Å². The molecule has 1 aromatic heterocycles. The smallest absolute Gasteiger partial charge is 0.265 e. The van der Waals surface area contributed by atoms with Gasteiger partial charge in [-0.1, -0.05) is 22.9 Å². The Morgan fingerprint density at radius 1 is 1.48 bits per heavy atom. The molecule has 1 atom stereocenters. The van der Waals surface area contributed by atoms with Crippen LogP contribution in [0.2, 0.25) is 5.02 Å². The minimum Gasteiger partial charge on any atom is -0.383 e. The first-order valence-electron chi connectivity index (χ1n) is 7.23. The summed E-state index contributed by atoms with van der Waals surface area (Å²) < 4.78 is 7.70. The van der Waals surface area contributed by atoms with Gasteiger partial charge in [-0.15, -0.1) is 0 Å². The van der Waals surface area contributed by atoms with Gasteiger partial charge in [-0.05, 0) is 49.3 Å². The molecule has 3 N–H and O–H groups in total. The van der Waals surface area contributed by atoms with Crippen molar-refractivity contribution < 1.29 is 9.53 Å². The van der Waals surface area contributed by atoms with E-state index in [-0.39, 0.29) is 12.0 Å². The minimum absolute atomic E-state index is 0.0893. The third-order valence-corrected chi connectivity index (χ3v) is 5.29. The maximum atomic E-state index is 12.4. The second-order valence-electron chi connectivity index (χ2n) is 5.24. The molecule has 0 spiro atoms. The van der Waals surface area contributed by atoms with Crippen LogP contribution < -0.4 is 11.1 Å². The van der Waals surface area contributed by atoms with Crippen LogP contribution in [0.4, 0.5) is 5.82 Å². The SMILES string of the molecule is Nc1c(C(=O)NC[C@@H]2CCCO2)sc(=S)n1-c1ccc(Cl)cc1. The zero-order valence-electron chi connectivity index (χ0n) is 12.3. The zero-order valence-corrected chi connectivity index (χ0v) is 14.6. The molecule has 1 aromatic carbocycles. The van der Waals surface area contributed by atoms with Gasteiger partial charge in [-0.25, -0.2) is 0 Å². The van der Waals surface area contributed by atoms with Crippen molar-refractivity contribution >= 4 is 46.9 Å². The van der Waals surface area contributed by atoms with Crippen molar-refractivity contribution in [2.75, 3.05) is 18.9 Å². The number of nitrogens with one attached hydrogen (secondary N) is 1. The van der Waals surface area contributed by atoms with Gasteiger partial charge < -0.3 is 15.8 Å². The van der Waals surface area contributed by atoms with Crippen LogP contribution in [0, 0.1) is 3.95 Å². The average molecular weight is 370 g/mol. The maximum Gasteiger partial charge on any atom is 0.265 e. The maximum absolute atomic E-state index is 12.4. The number of anilines is 1. The van der Waals surface area contributed by atoms with Gasteiger partial charge in [0.2, 0.25) is 0 Å². The molecule has 8 heteroatoms. The number of rotatable bonds is 4. The van der Waals surface area contributed by atoms with Gasteiger partial charge in [-0.2, -0.15) is 0 Å². The Kier molecular flexibility index (Phi) is 5.01. The first-order chi connectivity index (χ1) is 11.1. The lowest BCUT2D eigenvalue weighted by Crippen LogP contribution is -2.31. The fourth-order valence-corrected chi connectivity index (χ4v) is 3.88. The normalized spacial score (nSPS) is 17.3. The number of nitrogens with two attached hydrogens (primary N) is 1. The molecule has 2 aromatic rings. The van der Waals surface area contributed by atoms with Crippen LogP contribution in [0.5, 0.6) is 0 Å². The molecule has 0 radical (unpaired) electrons. The summed E-state index contributed by atoms with van der Waals surface area (Å²) in [7, 11) is 0. The number of hydrogen-bond acceptors (Lipinski definition) is 5. The van der Waals surface area contributed by atoms with Crippen molar-refractivity contribution in [1.29, 1.82) is 0 Å². The fourth-order valence-electron chi connectivity index (χ4n) is 2.47. The molecule has 1 saturated heterocycles. The highest BCUT2D eigenvalue weighted by atomic mass is 35.5. The number of nitrogen functional groups attached to an aromatic ring is 1. The molecule has 0 unspecified atom stereocenters. The largest absolute Gasteiger partial charge is 0.383 e. The number of amides is 1. The molecule has 0 saturated carbocycles. The highest BCUT2D eigenvalue weighted by Gasteiger charge is 2.21. The quantitative estimate of drug-likeness (QED) is 0.810. The number of carbonyl (C=O) groups excluding carboxylic acids is 1. The van der Waals surface area contributed by atoms with Gasteiger partial charge >= 0.3 is 0 Å². The number of aromatic nitrogens is 1. The van der Waals surface area contributed by atoms with Crippen molar-refractivity contribution in [2.45, 2.75) is 18.9 Å². The van der Waals surface area contributed by atoms with Crippen molar-refractivity contribution in [1.82, 2.24) is 9.88 Å². The summed E-state index contributed by atoms with van der Waals surface area (Å²) in [5.41, 5.74) is 6.92.